The van der Waals surface area contributed by atoms with Gasteiger partial charge in [-0.3, -0.25) is 14.8 Å². The lowest BCUT2D eigenvalue weighted by Crippen LogP contribution is -2.44. The number of nitrogens with one attached hydrogen (secondary N) is 1. The summed E-state index contributed by atoms with van der Waals surface area (Å²) < 4.78 is 0. The van der Waals surface area contributed by atoms with Gasteiger partial charge in [-0.2, -0.15) is 0 Å². The van der Waals surface area contributed by atoms with Crippen LogP contribution in [0.2, 0.25) is 0 Å². The summed E-state index contributed by atoms with van der Waals surface area (Å²) in [5.74, 6) is -0.262. The fraction of sp³-hybridized carbons (Fsp3) is 0.280. The topological polar surface area (TPSA) is 112 Å². The third kappa shape index (κ3) is 5.31. The molecule has 1 fully saturated rings. The molecule has 8 nitrogen and oxygen atoms in total. The Balaban J connectivity index is 1.62. The zero-order valence-electron chi connectivity index (χ0n) is 18.5. The normalized spacial score (nSPS) is 16.3. The maximum atomic E-state index is 12.3. The number of H-pyrrole nitrogens is 1. The van der Waals surface area contributed by atoms with Crippen molar-refractivity contribution in [1.82, 2.24) is 9.88 Å². The molecule has 1 aromatic heterocycles. The monoisotopic (exact) mass is 448 g/mol. The highest BCUT2D eigenvalue weighted by molar-refractivity contribution is 6.02. The van der Waals surface area contributed by atoms with E-state index in [4.69, 9.17) is 5.11 Å². The number of fused-ring (bicyclic) bond motifs is 1. The number of nitrogens with zero attached hydrogens (tertiary/aromatic N) is 3. The number of aliphatic hydroxyl groups excluding tert-OH is 2. The second-order valence-electron chi connectivity index (χ2n) is 8.20. The molecule has 4 rings (SSSR count). The number of aliphatic hydroxyl groups is 2. The van der Waals surface area contributed by atoms with Crippen LogP contribution in [0.3, 0.4) is 0 Å². The minimum Gasteiger partial charge on any atom is -0.494 e. The van der Waals surface area contributed by atoms with Crippen LogP contribution in [0.5, 0.6) is 5.88 Å². The van der Waals surface area contributed by atoms with Crippen molar-refractivity contribution in [2.24, 2.45) is 4.99 Å². The van der Waals surface area contributed by atoms with E-state index >= 15 is 0 Å². The summed E-state index contributed by atoms with van der Waals surface area (Å²) in [5, 5.41) is 29.9. The van der Waals surface area contributed by atoms with Gasteiger partial charge in [0.2, 0.25) is 5.88 Å². The fourth-order valence-corrected chi connectivity index (χ4v) is 3.82. The lowest BCUT2D eigenvalue weighted by atomic mass is 10.0. The van der Waals surface area contributed by atoms with E-state index in [1.54, 1.807) is 24.3 Å². The second-order valence-corrected chi connectivity index (χ2v) is 8.20. The zero-order chi connectivity index (χ0) is 23.4. The number of aromatic nitrogens is 1. The first-order valence-corrected chi connectivity index (χ1v) is 10.9. The number of likely N-dealkylation sites (N-methyl/N-ethyl adjacent to an activating group) is 1. The first-order chi connectivity index (χ1) is 15.9. The molecule has 8 heteroatoms. The number of aliphatic imine (C=N–C) groups is 1. The van der Waals surface area contributed by atoms with Gasteiger partial charge in [0.25, 0.3) is 5.56 Å². The van der Waals surface area contributed by atoms with Gasteiger partial charge >= 0.3 is 0 Å². The molecule has 1 atom stereocenters. The molecule has 4 N–H and O–H groups in total. The number of hydrogen-bond acceptors (Lipinski definition) is 7. The molecule has 0 bridgehead atoms. The summed E-state index contributed by atoms with van der Waals surface area (Å²) >= 11 is 0. The number of aromatic amines is 1. The maximum Gasteiger partial charge on any atom is 0.258 e. The molecule has 2 aromatic carbocycles. The summed E-state index contributed by atoms with van der Waals surface area (Å²) in [5.41, 5.74) is 2.59. The van der Waals surface area contributed by atoms with E-state index < -0.39 is 11.7 Å². The molecule has 2 heterocycles. The van der Waals surface area contributed by atoms with Crippen molar-refractivity contribution in [3.63, 3.8) is 0 Å². The predicted molar refractivity (Wildman–Crippen MR) is 132 cm³/mol. The zero-order valence-corrected chi connectivity index (χ0v) is 18.5. The first-order valence-electron chi connectivity index (χ1n) is 10.9. The number of rotatable bonds is 6. The minimum absolute atomic E-state index is 0.262. The van der Waals surface area contributed by atoms with Crippen molar-refractivity contribution in [3.8, 4) is 5.88 Å². The molecule has 0 aliphatic carbocycles. The fourth-order valence-electron chi connectivity index (χ4n) is 3.82. The third-order valence-electron chi connectivity index (χ3n) is 5.82. The van der Waals surface area contributed by atoms with Crippen LogP contribution in [0, 0.1) is 0 Å². The number of aromatic hydroxyl groups is 1. The molecule has 1 saturated heterocycles. The van der Waals surface area contributed by atoms with E-state index in [-0.39, 0.29) is 12.5 Å². The van der Waals surface area contributed by atoms with Crippen LogP contribution in [0.4, 0.5) is 11.4 Å². The van der Waals surface area contributed by atoms with Crippen molar-refractivity contribution < 1.29 is 15.3 Å². The maximum absolute atomic E-state index is 12.3. The molecule has 172 valence electrons. The van der Waals surface area contributed by atoms with Crippen molar-refractivity contribution in [2.45, 2.75) is 6.10 Å². The average Bonchev–Trinajstić information content (AvgIpc) is 2.83. The molecule has 3 aromatic rings. The van der Waals surface area contributed by atoms with Gasteiger partial charge in [-0.25, -0.2) is 0 Å². The van der Waals surface area contributed by atoms with E-state index in [9.17, 15) is 15.0 Å². The number of hydrogen-bond donors (Lipinski definition) is 4. The lowest BCUT2D eigenvalue weighted by Gasteiger charge is -2.34. The molecule has 1 unspecified atom stereocenters. The minimum atomic E-state index is -0.969. The van der Waals surface area contributed by atoms with Crippen LogP contribution in [0.15, 0.2) is 58.3 Å². The van der Waals surface area contributed by atoms with Gasteiger partial charge in [0.15, 0.2) is 0 Å². The Morgan fingerprint density at radius 3 is 2.52 bits per heavy atom. The molecule has 0 amide bonds. The molecule has 0 saturated carbocycles. The van der Waals surface area contributed by atoms with Gasteiger partial charge in [0, 0.05) is 48.9 Å². The Bertz CT molecular complexity index is 1230. The summed E-state index contributed by atoms with van der Waals surface area (Å²) in [4.78, 5) is 23.9. The van der Waals surface area contributed by atoms with Crippen molar-refractivity contribution in [2.75, 3.05) is 44.7 Å². The SMILES string of the molecule is CN1CCN(c2ccc(N=Cc3c(O)[nH]c(=O)c4ccc(C=CC(O)CO)cc34)cc2)CC1. The summed E-state index contributed by atoms with van der Waals surface area (Å²) in [7, 11) is 2.13. The Kier molecular flexibility index (Phi) is 6.88. The highest BCUT2D eigenvalue weighted by Crippen LogP contribution is 2.25. The molecule has 1 aliphatic heterocycles. The summed E-state index contributed by atoms with van der Waals surface area (Å²) in [6.07, 6.45) is 3.68. The summed E-state index contributed by atoms with van der Waals surface area (Å²) in [6, 6.07) is 13.1. The van der Waals surface area contributed by atoms with E-state index in [1.165, 1.54) is 12.3 Å². The van der Waals surface area contributed by atoms with E-state index in [0.29, 0.717) is 21.9 Å². The van der Waals surface area contributed by atoms with Crippen LogP contribution in [0.25, 0.3) is 16.8 Å². The van der Waals surface area contributed by atoms with E-state index in [2.05, 4.69) is 26.8 Å². The largest absolute Gasteiger partial charge is 0.494 e. The molecule has 1 aliphatic rings. The highest BCUT2D eigenvalue weighted by atomic mass is 16.3. The Labute approximate surface area is 191 Å². The highest BCUT2D eigenvalue weighted by Gasteiger charge is 2.14. The molecule has 0 spiro atoms. The van der Waals surface area contributed by atoms with Gasteiger partial charge in [0.1, 0.15) is 0 Å². The predicted octanol–water partition coefficient (Wildman–Crippen LogP) is 2.10. The van der Waals surface area contributed by atoms with Crippen LogP contribution in [0.1, 0.15) is 11.1 Å². The number of benzene rings is 2. The second kappa shape index (κ2) is 9.99. The first kappa shape index (κ1) is 22.7. The van der Waals surface area contributed by atoms with Crippen molar-refractivity contribution in [3.05, 3.63) is 70.0 Å². The number of anilines is 1. The molecular formula is C25H28N4O4. The van der Waals surface area contributed by atoms with Crippen LogP contribution in [-0.2, 0) is 0 Å². The smallest absolute Gasteiger partial charge is 0.258 e. The number of piperazine rings is 1. The standard InChI is InChI=1S/C25H28N4O4/c1-28-10-12-29(13-11-28)19-6-4-18(5-7-19)26-15-23-22-14-17(2-8-20(31)16-30)3-9-21(22)24(32)27-25(23)33/h2-9,14-15,20,30-31H,10-13,16H2,1H3,(H2,27,32,33). The molecule has 33 heavy (non-hydrogen) atoms. The Hall–Kier alpha value is -3.46. The molecular weight excluding hydrogens is 420 g/mol. The van der Waals surface area contributed by atoms with Gasteiger partial charge in [0.05, 0.1) is 24.0 Å². The quantitative estimate of drug-likeness (QED) is 0.430. The van der Waals surface area contributed by atoms with Gasteiger partial charge in [-0.1, -0.05) is 18.2 Å². The summed E-state index contributed by atoms with van der Waals surface area (Å²) in [6.45, 7) is 3.67. The van der Waals surface area contributed by atoms with E-state index in [0.717, 1.165) is 37.6 Å². The average molecular weight is 449 g/mol. The molecule has 0 radical (unpaired) electrons. The Morgan fingerprint density at radius 1 is 1.09 bits per heavy atom. The number of pyridine rings is 1. The van der Waals surface area contributed by atoms with E-state index in [1.807, 2.05) is 24.3 Å². The van der Waals surface area contributed by atoms with Crippen LogP contribution >= 0.6 is 0 Å². The third-order valence-corrected chi connectivity index (χ3v) is 5.82. The lowest BCUT2D eigenvalue weighted by molar-refractivity contribution is 0.131. The van der Waals surface area contributed by atoms with Gasteiger partial charge < -0.3 is 25.1 Å². The van der Waals surface area contributed by atoms with Crippen molar-refractivity contribution >= 4 is 34.4 Å². The van der Waals surface area contributed by atoms with Crippen LogP contribution in [-0.4, -0.2) is 77.4 Å². The Morgan fingerprint density at radius 2 is 1.82 bits per heavy atom. The van der Waals surface area contributed by atoms with Crippen molar-refractivity contribution in [1.29, 1.82) is 0 Å². The van der Waals surface area contributed by atoms with Gasteiger partial charge in [-0.15, -0.1) is 0 Å². The van der Waals surface area contributed by atoms with Crippen LogP contribution < -0.4 is 10.5 Å². The van der Waals surface area contributed by atoms with Gasteiger partial charge in [-0.05, 0) is 49.0 Å².